The molecule has 0 spiro atoms. The smallest absolute Gasteiger partial charge is 0.318 e. The number of thioether (sulfide) groups is 1. The van der Waals surface area contributed by atoms with Crippen molar-refractivity contribution >= 4 is 45.3 Å². The van der Waals surface area contributed by atoms with Gasteiger partial charge in [-0.2, -0.15) is 0 Å². The number of carbonyl (C=O) groups is 2. The van der Waals surface area contributed by atoms with Gasteiger partial charge in [-0.15, -0.1) is 11.3 Å². The number of thiophene rings is 1. The topological polar surface area (TPSA) is 116 Å². The number of ether oxygens (including phenoxy) is 1. The first-order valence-electron chi connectivity index (χ1n) is 8.23. The minimum Gasteiger partial charge on any atom is -0.383 e. The van der Waals surface area contributed by atoms with E-state index in [1.165, 1.54) is 4.88 Å². The first-order valence-corrected chi connectivity index (χ1v) is 9.93. The number of urea groups is 1. The highest BCUT2D eigenvalue weighted by Crippen LogP contribution is 2.36. The molecule has 0 saturated carbocycles. The van der Waals surface area contributed by atoms with Crippen LogP contribution in [-0.4, -0.2) is 40.5 Å². The number of hydrogen-bond donors (Lipinski definition) is 2. The van der Waals surface area contributed by atoms with Crippen molar-refractivity contribution in [1.82, 2.24) is 14.9 Å². The quantitative estimate of drug-likeness (QED) is 0.561. The number of nitrogens with zero attached hydrogens (tertiary/aromatic N) is 2. The standard InChI is InChI=1S/C16H20N4O4S2/c1-8(12(21)18-15(17)23)25-16-19-13-11(9-4-3-5-10(9)26-13)14(22)20(16)6-7-24-2/h8H,3-7H2,1-2H3,(H3,17,18,21,23)/t8-/m0/s1. The molecule has 2 aromatic heterocycles. The Morgan fingerprint density at radius 1 is 1.46 bits per heavy atom. The molecule has 8 nitrogen and oxygen atoms in total. The van der Waals surface area contributed by atoms with E-state index in [0.29, 0.717) is 28.5 Å². The summed E-state index contributed by atoms with van der Waals surface area (Å²) in [5.41, 5.74) is 6.01. The molecular formula is C16H20N4O4S2. The number of carbonyl (C=O) groups excluding carboxylic acids is 2. The Morgan fingerprint density at radius 2 is 2.23 bits per heavy atom. The van der Waals surface area contributed by atoms with Crippen molar-refractivity contribution in [3.63, 3.8) is 0 Å². The molecule has 1 aliphatic carbocycles. The van der Waals surface area contributed by atoms with Gasteiger partial charge in [0.25, 0.3) is 5.56 Å². The monoisotopic (exact) mass is 396 g/mol. The number of hydrogen-bond acceptors (Lipinski definition) is 7. The van der Waals surface area contributed by atoms with E-state index in [4.69, 9.17) is 10.5 Å². The van der Waals surface area contributed by atoms with E-state index in [1.807, 2.05) is 0 Å². The molecule has 10 heteroatoms. The minimum absolute atomic E-state index is 0.101. The molecule has 0 unspecified atom stereocenters. The number of fused-ring (bicyclic) bond motifs is 3. The molecule has 0 aromatic carbocycles. The lowest BCUT2D eigenvalue weighted by Gasteiger charge is -2.15. The molecule has 1 aliphatic rings. The highest BCUT2D eigenvalue weighted by atomic mass is 32.2. The second-order valence-electron chi connectivity index (χ2n) is 6.00. The number of imide groups is 1. The van der Waals surface area contributed by atoms with Crippen molar-refractivity contribution in [2.24, 2.45) is 5.73 Å². The number of primary amides is 1. The van der Waals surface area contributed by atoms with E-state index < -0.39 is 17.2 Å². The molecule has 0 radical (unpaired) electrons. The minimum atomic E-state index is -0.905. The van der Waals surface area contributed by atoms with Gasteiger partial charge in [-0.1, -0.05) is 11.8 Å². The molecule has 140 valence electrons. The number of nitrogens with one attached hydrogen (secondary N) is 1. The van der Waals surface area contributed by atoms with Gasteiger partial charge in [0, 0.05) is 12.0 Å². The first kappa shape index (κ1) is 18.9. The van der Waals surface area contributed by atoms with Gasteiger partial charge in [0.05, 0.1) is 23.8 Å². The lowest BCUT2D eigenvalue weighted by molar-refractivity contribution is -0.119. The van der Waals surface area contributed by atoms with Crippen LogP contribution in [0.5, 0.6) is 0 Å². The molecular weight excluding hydrogens is 376 g/mol. The van der Waals surface area contributed by atoms with Crippen LogP contribution in [0.15, 0.2) is 9.95 Å². The van der Waals surface area contributed by atoms with Crippen LogP contribution in [0, 0.1) is 0 Å². The molecule has 1 atom stereocenters. The molecule has 0 fully saturated rings. The van der Waals surface area contributed by atoms with Crippen molar-refractivity contribution in [1.29, 1.82) is 0 Å². The van der Waals surface area contributed by atoms with E-state index in [9.17, 15) is 14.4 Å². The van der Waals surface area contributed by atoms with E-state index in [1.54, 1.807) is 29.9 Å². The molecule has 0 bridgehead atoms. The molecule has 26 heavy (non-hydrogen) atoms. The zero-order valence-corrected chi connectivity index (χ0v) is 16.2. The van der Waals surface area contributed by atoms with Crippen LogP contribution in [0.2, 0.25) is 0 Å². The van der Waals surface area contributed by atoms with Gasteiger partial charge in [-0.05, 0) is 31.7 Å². The van der Waals surface area contributed by atoms with Crippen LogP contribution in [0.3, 0.4) is 0 Å². The Labute approximate surface area is 158 Å². The predicted molar refractivity (Wildman–Crippen MR) is 101 cm³/mol. The normalized spacial score (nSPS) is 14.4. The fraction of sp³-hybridized carbons (Fsp3) is 0.500. The lowest BCUT2D eigenvalue weighted by atomic mass is 10.2. The maximum atomic E-state index is 13.1. The van der Waals surface area contributed by atoms with Gasteiger partial charge in [0.1, 0.15) is 4.83 Å². The summed E-state index contributed by atoms with van der Waals surface area (Å²) in [6, 6.07) is -0.905. The van der Waals surface area contributed by atoms with Crippen LogP contribution < -0.4 is 16.6 Å². The number of methoxy groups -OCH3 is 1. The van der Waals surface area contributed by atoms with Crippen LogP contribution in [-0.2, 0) is 28.9 Å². The Morgan fingerprint density at radius 3 is 2.92 bits per heavy atom. The summed E-state index contributed by atoms with van der Waals surface area (Å²) in [5.74, 6) is -0.524. The number of rotatable bonds is 6. The second-order valence-corrected chi connectivity index (χ2v) is 8.39. The SMILES string of the molecule is COCCn1c(S[C@@H](C)C(=O)NC(N)=O)nc2sc3c(c2c1=O)CCC3. The molecule has 3 rings (SSSR count). The average molecular weight is 396 g/mol. The summed E-state index contributed by atoms with van der Waals surface area (Å²) in [6.45, 7) is 2.33. The fourth-order valence-corrected chi connectivity index (χ4v) is 5.20. The zero-order chi connectivity index (χ0) is 18.8. The van der Waals surface area contributed by atoms with Gasteiger partial charge in [0.2, 0.25) is 5.91 Å². The Hall–Kier alpha value is -1.91. The Bertz CT molecular complexity index is 921. The van der Waals surface area contributed by atoms with Crippen molar-refractivity contribution in [3.8, 4) is 0 Å². The number of amides is 3. The molecule has 0 aliphatic heterocycles. The molecule has 3 amide bonds. The summed E-state index contributed by atoms with van der Waals surface area (Å²) in [7, 11) is 1.56. The first-order chi connectivity index (χ1) is 12.4. The van der Waals surface area contributed by atoms with Crippen LogP contribution in [0.25, 0.3) is 10.2 Å². The largest absolute Gasteiger partial charge is 0.383 e. The van der Waals surface area contributed by atoms with Gasteiger partial charge < -0.3 is 10.5 Å². The third-order valence-corrected chi connectivity index (χ3v) is 6.48. The molecule has 2 aromatic rings. The summed E-state index contributed by atoms with van der Waals surface area (Å²) >= 11 is 2.67. The third-order valence-electron chi connectivity index (χ3n) is 4.21. The van der Waals surface area contributed by atoms with E-state index in [0.717, 1.165) is 36.6 Å². The summed E-state index contributed by atoms with van der Waals surface area (Å²) < 4.78 is 6.66. The second kappa shape index (κ2) is 7.77. The van der Waals surface area contributed by atoms with Gasteiger partial charge in [0.15, 0.2) is 5.16 Å². The highest BCUT2D eigenvalue weighted by Gasteiger charge is 2.25. The summed E-state index contributed by atoms with van der Waals surface area (Å²) in [5, 5.41) is 2.55. The molecule has 0 saturated heterocycles. The van der Waals surface area contributed by atoms with Crippen molar-refractivity contribution in [2.45, 2.75) is 43.1 Å². The van der Waals surface area contributed by atoms with Crippen LogP contribution >= 0.6 is 23.1 Å². The van der Waals surface area contributed by atoms with Crippen LogP contribution in [0.1, 0.15) is 23.8 Å². The van der Waals surface area contributed by atoms with Gasteiger partial charge in [-0.3, -0.25) is 19.5 Å². The lowest BCUT2D eigenvalue weighted by Crippen LogP contribution is -2.39. The van der Waals surface area contributed by atoms with Crippen molar-refractivity contribution in [2.75, 3.05) is 13.7 Å². The summed E-state index contributed by atoms with van der Waals surface area (Å²) in [6.07, 6.45) is 2.95. The van der Waals surface area contributed by atoms with Crippen LogP contribution in [0.4, 0.5) is 4.79 Å². The highest BCUT2D eigenvalue weighted by molar-refractivity contribution is 8.00. The van der Waals surface area contributed by atoms with Crippen molar-refractivity contribution in [3.05, 3.63) is 20.8 Å². The third kappa shape index (κ3) is 3.62. The number of aryl methyl sites for hydroxylation is 2. The van der Waals surface area contributed by atoms with Gasteiger partial charge in [-0.25, -0.2) is 9.78 Å². The number of nitrogens with two attached hydrogens (primary N) is 1. The maximum Gasteiger partial charge on any atom is 0.318 e. The van der Waals surface area contributed by atoms with E-state index in [2.05, 4.69) is 10.3 Å². The maximum absolute atomic E-state index is 13.1. The van der Waals surface area contributed by atoms with Crippen molar-refractivity contribution < 1.29 is 14.3 Å². The summed E-state index contributed by atoms with van der Waals surface area (Å²) in [4.78, 5) is 42.5. The molecule has 2 heterocycles. The van der Waals surface area contributed by atoms with Gasteiger partial charge >= 0.3 is 6.03 Å². The number of aromatic nitrogens is 2. The Balaban J connectivity index is 2.01. The fourth-order valence-electron chi connectivity index (χ4n) is 2.96. The molecule has 3 N–H and O–H groups in total. The van der Waals surface area contributed by atoms with E-state index >= 15 is 0 Å². The Kier molecular flexibility index (Phi) is 5.64. The average Bonchev–Trinajstić information content (AvgIpc) is 3.14. The zero-order valence-electron chi connectivity index (χ0n) is 14.5. The van der Waals surface area contributed by atoms with E-state index in [-0.39, 0.29) is 5.56 Å². The predicted octanol–water partition coefficient (Wildman–Crippen LogP) is 1.27.